The van der Waals surface area contributed by atoms with Gasteiger partial charge in [-0.05, 0) is 42.6 Å². The Balaban J connectivity index is 2.37. The predicted octanol–water partition coefficient (Wildman–Crippen LogP) is 2.42. The lowest BCUT2D eigenvalue weighted by Crippen LogP contribution is -1.88. The third-order valence-electron chi connectivity index (χ3n) is 2.08. The van der Waals surface area contributed by atoms with Gasteiger partial charge in [0.2, 0.25) is 0 Å². The maximum absolute atomic E-state index is 5.45. The van der Waals surface area contributed by atoms with Gasteiger partial charge in [-0.15, -0.1) is 0 Å². The Bertz CT molecular complexity index is 454. The number of nitrogens with two attached hydrogens (primary N) is 1. The standard InChI is InChI=1S/C11H11N3S/c1-8-6-11(14-13-7-8)9-2-4-10(15-12)5-3-9/h2-7H,12H2,1H3. The lowest BCUT2D eigenvalue weighted by atomic mass is 10.1. The molecule has 2 N–H and O–H groups in total. The van der Waals surface area contributed by atoms with Crippen LogP contribution < -0.4 is 5.14 Å². The highest BCUT2D eigenvalue weighted by molar-refractivity contribution is 7.97. The average molecular weight is 217 g/mol. The number of hydrogen-bond donors (Lipinski definition) is 1. The van der Waals surface area contributed by atoms with Crippen molar-refractivity contribution in [2.24, 2.45) is 5.14 Å². The summed E-state index contributed by atoms with van der Waals surface area (Å²) in [5, 5.41) is 13.5. The molecule has 0 aliphatic rings. The van der Waals surface area contributed by atoms with Gasteiger partial charge in [0, 0.05) is 10.5 Å². The molecule has 0 aliphatic carbocycles. The van der Waals surface area contributed by atoms with Gasteiger partial charge in [-0.2, -0.15) is 10.2 Å². The van der Waals surface area contributed by atoms with Gasteiger partial charge in [0.25, 0.3) is 0 Å². The van der Waals surface area contributed by atoms with E-state index in [9.17, 15) is 0 Å². The molecular formula is C11H11N3S. The van der Waals surface area contributed by atoms with E-state index in [1.807, 2.05) is 37.3 Å². The van der Waals surface area contributed by atoms with E-state index < -0.39 is 0 Å². The lowest BCUT2D eigenvalue weighted by Gasteiger charge is -2.01. The summed E-state index contributed by atoms with van der Waals surface area (Å²) in [5.41, 5.74) is 3.06. The molecule has 1 heterocycles. The van der Waals surface area contributed by atoms with Gasteiger partial charge in [0.1, 0.15) is 0 Å². The molecule has 0 unspecified atom stereocenters. The van der Waals surface area contributed by atoms with Crippen LogP contribution >= 0.6 is 11.9 Å². The smallest absolute Gasteiger partial charge is 0.0932 e. The molecule has 1 aromatic heterocycles. The zero-order valence-corrected chi connectivity index (χ0v) is 9.16. The first kappa shape index (κ1) is 10.1. The average Bonchev–Trinajstić information content (AvgIpc) is 2.29. The first-order valence-electron chi connectivity index (χ1n) is 4.56. The fourth-order valence-corrected chi connectivity index (χ4v) is 1.60. The molecule has 0 radical (unpaired) electrons. The minimum Gasteiger partial charge on any atom is -0.274 e. The number of aromatic nitrogens is 2. The molecule has 1 aromatic carbocycles. The summed E-state index contributed by atoms with van der Waals surface area (Å²) >= 11 is 1.24. The van der Waals surface area contributed by atoms with E-state index in [0.717, 1.165) is 21.7 Å². The summed E-state index contributed by atoms with van der Waals surface area (Å²) in [7, 11) is 0. The molecule has 76 valence electrons. The summed E-state index contributed by atoms with van der Waals surface area (Å²) in [6, 6.07) is 9.96. The van der Waals surface area contributed by atoms with Crippen LogP contribution in [0, 0.1) is 6.92 Å². The summed E-state index contributed by atoms with van der Waals surface area (Å²) in [6.45, 7) is 2.00. The van der Waals surface area contributed by atoms with Crippen molar-refractivity contribution in [2.75, 3.05) is 0 Å². The highest BCUT2D eigenvalue weighted by atomic mass is 32.2. The Hall–Kier alpha value is -1.39. The van der Waals surface area contributed by atoms with Crippen molar-refractivity contribution in [1.29, 1.82) is 0 Å². The van der Waals surface area contributed by atoms with Crippen molar-refractivity contribution in [1.82, 2.24) is 10.2 Å². The van der Waals surface area contributed by atoms with Crippen molar-refractivity contribution in [2.45, 2.75) is 11.8 Å². The molecule has 0 bridgehead atoms. The first-order valence-corrected chi connectivity index (χ1v) is 5.44. The largest absolute Gasteiger partial charge is 0.274 e. The third kappa shape index (κ3) is 2.34. The van der Waals surface area contributed by atoms with Crippen LogP contribution in [0.5, 0.6) is 0 Å². The highest BCUT2D eigenvalue weighted by Gasteiger charge is 2.00. The second-order valence-corrected chi connectivity index (χ2v) is 3.97. The van der Waals surface area contributed by atoms with Crippen LogP contribution in [0.4, 0.5) is 0 Å². The van der Waals surface area contributed by atoms with E-state index >= 15 is 0 Å². The van der Waals surface area contributed by atoms with E-state index in [2.05, 4.69) is 10.2 Å². The molecule has 2 rings (SSSR count). The molecule has 0 amide bonds. The molecule has 0 saturated heterocycles. The van der Waals surface area contributed by atoms with Gasteiger partial charge in [-0.1, -0.05) is 12.1 Å². The summed E-state index contributed by atoms with van der Waals surface area (Å²) < 4.78 is 0. The molecule has 0 atom stereocenters. The fourth-order valence-electron chi connectivity index (χ4n) is 1.31. The molecular weight excluding hydrogens is 206 g/mol. The van der Waals surface area contributed by atoms with Gasteiger partial charge in [0.05, 0.1) is 11.9 Å². The quantitative estimate of drug-likeness (QED) is 0.785. The van der Waals surface area contributed by atoms with E-state index in [1.54, 1.807) is 6.20 Å². The summed E-state index contributed by atoms with van der Waals surface area (Å²) in [4.78, 5) is 1.04. The van der Waals surface area contributed by atoms with Crippen molar-refractivity contribution < 1.29 is 0 Å². The molecule has 2 aromatic rings. The Morgan fingerprint density at radius 1 is 1.20 bits per heavy atom. The lowest BCUT2D eigenvalue weighted by molar-refractivity contribution is 1.02. The molecule has 0 aliphatic heterocycles. The van der Waals surface area contributed by atoms with Gasteiger partial charge < -0.3 is 0 Å². The van der Waals surface area contributed by atoms with Crippen LogP contribution in [-0.2, 0) is 0 Å². The van der Waals surface area contributed by atoms with Crippen molar-refractivity contribution in [3.05, 3.63) is 42.1 Å². The second kappa shape index (κ2) is 4.42. The molecule has 0 fully saturated rings. The van der Waals surface area contributed by atoms with E-state index in [4.69, 9.17) is 5.14 Å². The van der Waals surface area contributed by atoms with Gasteiger partial charge >= 0.3 is 0 Å². The van der Waals surface area contributed by atoms with Crippen LogP contribution in [-0.4, -0.2) is 10.2 Å². The number of benzene rings is 1. The molecule has 3 nitrogen and oxygen atoms in total. The van der Waals surface area contributed by atoms with Crippen LogP contribution in [0.2, 0.25) is 0 Å². The summed E-state index contributed by atoms with van der Waals surface area (Å²) in [5.74, 6) is 0. The zero-order valence-electron chi connectivity index (χ0n) is 8.34. The first-order chi connectivity index (χ1) is 7.29. The maximum atomic E-state index is 5.45. The SMILES string of the molecule is Cc1cnnc(-c2ccc(SN)cc2)c1. The van der Waals surface area contributed by atoms with Crippen molar-refractivity contribution in [3.63, 3.8) is 0 Å². The van der Waals surface area contributed by atoms with Crippen LogP contribution in [0.25, 0.3) is 11.3 Å². The maximum Gasteiger partial charge on any atom is 0.0932 e. The number of hydrogen-bond acceptors (Lipinski definition) is 4. The minimum absolute atomic E-state index is 0.892. The Labute approximate surface area is 92.9 Å². The minimum atomic E-state index is 0.892. The third-order valence-corrected chi connectivity index (χ3v) is 2.62. The second-order valence-electron chi connectivity index (χ2n) is 3.26. The normalized spacial score (nSPS) is 10.3. The number of nitrogens with zero attached hydrogens (tertiary/aromatic N) is 2. The topological polar surface area (TPSA) is 51.8 Å². The summed E-state index contributed by atoms with van der Waals surface area (Å²) in [6.07, 6.45) is 1.74. The van der Waals surface area contributed by atoms with Crippen molar-refractivity contribution >= 4 is 11.9 Å². The highest BCUT2D eigenvalue weighted by Crippen LogP contribution is 2.20. The van der Waals surface area contributed by atoms with Crippen LogP contribution in [0.3, 0.4) is 0 Å². The molecule has 15 heavy (non-hydrogen) atoms. The Morgan fingerprint density at radius 3 is 2.53 bits per heavy atom. The predicted molar refractivity (Wildman–Crippen MR) is 62.2 cm³/mol. The van der Waals surface area contributed by atoms with Gasteiger partial charge in [-0.25, -0.2) is 0 Å². The molecule has 0 saturated carbocycles. The van der Waals surface area contributed by atoms with E-state index in [1.165, 1.54) is 11.9 Å². The molecule has 0 spiro atoms. The number of rotatable bonds is 2. The monoisotopic (exact) mass is 217 g/mol. The van der Waals surface area contributed by atoms with E-state index in [0.29, 0.717) is 0 Å². The van der Waals surface area contributed by atoms with Gasteiger partial charge in [0.15, 0.2) is 0 Å². The van der Waals surface area contributed by atoms with Crippen LogP contribution in [0.15, 0.2) is 41.4 Å². The Morgan fingerprint density at radius 2 is 1.93 bits per heavy atom. The zero-order chi connectivity index (χ0) is 10.7. The fraction of sp³-hybridized carbons (Fsp3) is 0.0909. The number of aryl methyl sites for hydroxylation is 1. The van der Waals surface area contributed by atoms with Crippen molar-refractivity contribution in [3.8, 4) is 11.3 Å². The Kier molecular flexibility index (Phi) is 2.99. The van der Waals surface area contributed by atoms with Gasteiger partial charge in [-0.3, -0.25) is 5.14 Å². The van der Waals surface area contributed by atoms with E-state index in [-0.39, 0.29) is 0 Å². The molecule has 4 heteroatoms. The van der Waals surface area contributed by atoms with Crippen LogP contribution in [0.1, 0.15) is 5.56 Å².